The largest absolute Gasteiger partial charge is 0.481 e. The van der Waals surface area contributed by atoms with Crippen molar-refractivity contribution in [1.29, 1.82) is 0 Å². The third-order valence-electron chi connectivity index (χ3n) is 3.94. The zero-order valence-corrected chi connectivity index (χ0v) is 15.1. The highest BCUT2D eigenvalue weighted by atomic mass is 32.1. The molecule has 0 aliphatic rings. The Morgan fingerprint density at radius 3 is 2.69 bits per heavy atom. The number of aromatic nitrogens is 1. The Kier molecular flexibility index (Phi) is 6.01. The van der Waals surface area contributed by atoms with Gasteiger partial charge in [0.2, 0.25) is 0 Å². The van der Waals surface area contributed by atoms with E-state index in [1.807, 2.05) is 24.3 Å². The molecule has 7 heteroatoms. The minimum atomic E-state index is -0.764. The van der Waals surface area contributed by atoms with Gasteiger partial charge in [-0.2, -0.15) is 0 Å². The number of amides is 1. The summed E-state index contributed by atoms with van der Waals surface area (Å²) in [6.45, 7) is 0.545. The van der Waals surface area contributed by atoms with Gasteiger partial charge < -0.3 is 14.8 Å². The monoisotopic (exact) mass is 372 g/mol. The van der Waals surface area contributed by atoms with Crippen LogP contribution in [-0.2, 0) is 4.79 Å². The fourth-order valence-electron chi connectivity index (χ4n) is 2.60. The average molecular weight is 372 g/mol. The molecular formula is C19H20N2O4S. The number of nitrogens with one attached hydrogen (secondary N) is 1. The van der Waals surface area contributed by atoms with Crippen LogP contribution in [0, 0.1) is 0 Å². The van der Waals surface area contributed by atoms with E-state index in [0.717, 1.165) is 34.5 Å². The van der Waals surface area contributed by atoms with Gasteiger partial charge >= 0.3 is 5.97 Å². The lowest BCUT2D eigenvalue weighted by molar-refractivity contribution is -0.137. The minimum Gasteiger partial charge on any atom is -0.481 e. The summed E-state index contributed by atoms with van der Waals surface area (Å²) in [5.41, 5.74) is 0.915. The smallest absolute Gasteiger partial charge is 0.303 e. The van der Waals surface area contributed by atoms with Gasteiger partial charge in [0.15, 0.2) is 16.5 Å². The first kappa shape index (κ1) is 18.1. The molecule has 0 saturated carbocycles. The summed E-state index contributed by atoms with van der Waals surface area (Å²) < 4.78 is 6.73. The lowest BCUT2D eigenvalue weighted by atomic mass is 10.1. The van der Waals surface area contributed by atoms with Crippen molar-refractivity contribution in [1.82, 2.24) is 10.3 Å². The maximum Gasteiger partial charge on any atom is 0.303 e. The highest BCUT2D eigenvalue weighted by Crippen LogP contribution is 2.31. The molecule has 1 amide bonds. The Morgan fingerprint density at radius 2 is 1.88 bits per heavy atom. The number of aliphatic carboxylic acids is 1. The average Bonchev–Trinajstić information content (AvgIpc) is 3.27. The molecule has 0 aliphatic heterocycles. The molecule has 2 aromatic heterocycles. The van der Waals surface area contributed by atoms with Crippen LogP contribution in [0.15, 0.2) is 40.8 Å². The molecule has 0 bridgehead atoms. The van der Waals surface area contributed by atoms with Gasteiger partial charge in [-0.3, -0.25) is 9.59 Å². The molecule has 0 unspecified atom stereocenters. The molecule has 0 radical (unpaired) electrons. The van der Waals surface area contributed by atoms with Crippen molar-refractivity contribution in [3.8, 4) is 10.8 Å². The first-order chi connectivity index (χ1) is 12.6. The van der Waals surface area contributed by atoms with E-state index in [-0.39, 0.29) is 18.1 Å². The van der Waals surface area contributed by atoms with Crippen LogP contribution in [0.25, 0.3) is 21.0 Å². The Hall–Kier alpha value is -2.67. The van der Waals surface area contributed by atoms with Gasteiger partial charge in [0.05, 0.1) is 10.2 Å². The van der Waals surface area contributed by atoms with Crippen LogP contribution >= 0.6 is 11.3 Å². The van der Waals surface area contributed by atoms with Gasteiger partial charge in [-0.15, -0.1) is 11.3 Å². The minimum absolute atomic E-state index is 0.202. The van der Waals surface area contributed by atoms with Crippen molar-refractivity contribution in [3.05, 3.63) is 42.2 Å². The Balaban J connectivity index is 1.48. The van der Waals surface area contributed by atoms with E-state index in [9.17, 15) is 9.59 Å². The summed E-state index contributed by atoms with van der Waals surface area (Å²) in [6, 6.07) is 11.3. The number of benzene rings is 1. The number of unbranched alkanes of at least 4 members (excludes halogenated alkanes) is 3. The summed E-state index contributed by atoms with van der Waals surface area (Å²) >= 11 is 1.53. The van der Waals surface area contributed by atoms with Crippen molar-refractivity contribution in [2.45, 2.75) is 32.1 Å². The van der Waals surface area contributed by atoms with Crippen molar-refractivity contribution < 1.29 is 19.1 Å². The number of carbonyl (C=O) groups excluding carboxylic acids is 1. The standard InChI is InChI=1S/C19H20N2O4S/c22-17(23)9-3-1-2-6-12-20-18(24)14-10-11-15(25-14)19-21-13-7-4-5-8-16(13)26-19/h4-5,7-8,10-11H,1-3,6,9,12H2,(H,20,24)(H,22,23). The van der Waals surface area contributed by atoms with Gasteiger partial charge in [0.25, 0.3) is 5.91 Å². The topological polar surface area (TPSA) is 92.4 Å². The van der Waals surface area contributed by atoms with Gasteiger partial charge in [-0.05, 0) is 37.1 Å². The first-order valence-corrected chi connectivity index (χ1v) is 9.41. The van der Waals surface area contributed by atoms with Crippen molar-refractivity contribution in [3.63, 3.8) is 0 Å². The molecule has 0 saturated heterocycles. The number of thiazole rings is 1. The van der Waals surface area contributed by atoms with Crippen LogP contribution in [0.1, 0.15) is 42.7 Å². The maximum absolute atomic E-state index is 12.1. The summed E-state index contributed by atoms with van der Waals surface area (Å²) in [4.78, 5) is 27.1. The Morgan fingerprint density at radius 1 is 1.08 bits per heavy atom. The van der Waals surface area contributed by atoms with Crippen LogP contribution < -0.4 is 5.32 Å². The van der Waals surface area contributed by atoms with Gasteiger partial charge in [0.1, 0.15) is 0 Å². The Bertz CT molecular complexity index is 867. The molecule has 6 nitrogen and oxygen atoms in total. The molecule has 0 spiro atoms. The lowest BCUT2D eigenvalue weighted by Gasteiger charge is -2.03. The summed E-state index contributed by atoms with van der Waals surface area (Å²) in [5, 5.41) is 12.1. The van der Waals surface area contributed by atoms with E-state index in [0.29, 0.717) is 18.7 Å². The molecular weight excluding hydrogens is 352 g/mol. The zero-order valence-electron chi connectivity index (χ0n) is 14.2. The third kappa shape index (κ3) is 4.70. The molecule has 136 valence electrons. The van der Waals surface area contributed by atoms with E-state index < -0.39 is 5.97 Å². The van der Waals surface area contributed by atoms with E-state index in [2.05, 4.69) is 10.3 Å². The summed E-state index contributed by atoms with van der Waals surface area (Å²) in [6.07, 6.45) is 3.43. The number of hydrogen-bond donors (Lipinski definition) is 2. The predicted molar refractivity (Wildman–Crippen MR) is 100 cm³/mol. The van der Waals surface area contributed by atoms with E-state index in [4.69, 9.17) is 9.52 Å². The molecule has 1 aromatic carbocycles. The molecule has 26 heavy (non-hydrogen) atoms. The molecule has 0 fully saturated rings. The zero-order chi connectivity index (χ0) is 18.4. The number of carboxylic acids is 1. The predicted octanol–water partition coefficient (Wildman–Crippen LogP) is 4.32. The lowest BCUT2D eigenvalue weighted by Crippen LogP contribution is -2.23. The Labute approximate surface area is 154 Å². The van der Waals surface area contributed by atoms with Gasteiger partial charge in [0, 0.05) is 13.0 Å². The van der Waals surface area contributed by atoms with Crippen LogP contribution in [0.4, 0.5) is 0 Å². The van der Waals surface area contributed by atoms with Crippen LogP contribution in [0.3, 0.4) is 0 Å². The van der Waals surface area contributed by atoms with E-state index >= 15 is 0 Å². The summed E-state index contributed by atoms with van der Waals surface area (Å²) in [7, 11) is 0. The van der Waals surface area contributed by atoms with Gasteiger partial charge in [-0.25, -0.2) is 4.98 Å². The second-order valence-electron chi connectivity index (χ2n) is 5.96. The number of rotatable bonds is 9. The maximum atomic E-state index is 12.1. The number of carboxylic acid groups (broad SMARTS) is 1. The molecule has 2 heterocycles. The second kappa shape index (κ2) is 8.62. The fraction of sp³-hybridized carbons (Fsp3) is 0.316. The number of nitrogens with zero attached hydrogens (tertiary/aromatic N) is 1. The quantitative estimate of drug-likeness (QED) is 0.546. The van der Waals surface area contributed by atoms with Crippen LogP contribution in [0.5, 0.6) is 0 Å². The SMILES string of the molecule is O=C(O)CCCCCCNC(=O)c1ccc(-c2nc3ccccc3s2)o1. The van der Waals surface area contributed by atoms with Gasteiger partial charge in [-0.1, -0.05) is 25.0 Å². The van der Waals surface area contributed by atoms with E-state index in [1.54, 1.807) is 12.1 Å². The number of hydrogen-bond acceptors (Lipinski definition) is 5. The second-order valence-corrected chi connectivity index (χ2v) is 7.00. The van der Waals surface area contributed by atoms with Crippen molar-refractivity contribution in [2.75, 3.05) is 6.54 Å². The molecule has 3 rings (SSSR count). The normalized spacial score (nSPS) is 10.9. The van der Waals surface area contributed by atoms with Crippen LogP contribution in [-0.4, -0.2) is 28.5 Å². The van der Waals surface area contributed by atoms with Crippen molar-refractivity contribution >= 4 is 33.4 Å². The highest BCUT2D eigenvalue weighted by molar-refractivity contribution is 7.21. The highest BCUT2D eigenvalue weighted by Gasteiger charge is 2.14. The van der Waals surface area contributed by atoms with Crippen molar-refractivity contribution in [2.24, 2.45) is 0 Å². The number of furan rings is 1. The third-order valence-corrected chi connectivity index (χ3v) is 4.99. The molecule has 0 atom stereocenters. The molecule has 0 aliphatic carbocycles. The summed E-state index contributed by atoms with van der Waals surface area (Å²) in [5.74, 6) is -0.155. The van der Waals surface area contributed by atoms with E-state index in [1.165, 1.54) is 11.3 Å². The number of carbonyl (C=O) groups is 2. The number of para-hydroxylation sites is 1. The number of fused-ring (bicyclic) bond motifs is 1. The molecule has 2 N–H and O–H groups in total. The molecule has 3 aromatic rings. The van der Waals surface area contributed by atoms with Crippen LogP contribution in [0.2, 0.25) is 0 Å². The first-order valence-electron chi connectivity index (χ1n) is 8.59. The fourth-order valence-corrected chi connectivity index (χ4v) is 3.52.